The average molecular weight is 343 g/mol. The molecule has 0 aliphatic carbocycles. The van der Waals surface area contributed by atoms with E-state index in [9.17, 15) is 0 Å². The van der Waals surface area contributed by atoms with Gasteiger partial charge in [-0.2, -0.15) is 4.98 Å². The summed E-state index contributed by atoms with van der Waals surface area (Å²) in [6.45, 7) is 4.64. The minimum absolute atomic E-state index is 0.522. The van der Waals surface area contributed by atoms with E-state index < -0.39 is 0 Å². The highest BCUT2D eigenvalue weighted by atomic mass is 79.9. The first kappa shape index (κ1) is 14.1. The number of rotatable bonds is 4. The van der Waals surface area contributed by atoms with Crippen molar-refractivity contribution in [2.75, 3.05) is 11.9 Å². The first-order valence-electron chi connectivity index (χ1n) is 5.80. The van der Waals surface area contributed by atoms with Crippen molar-refractivity contribution < 1.29 is 4.74 Å². The molecule has 1 aromatic carbocycles. The van der Waals surface area contributed by atoms with Gasteiger partial charge < -0.3 is 10.1 Å². The minimum atomic E-state index is 0.522. The molecule has 2 rings (SSSR count). The molecule has 0 aliphatic rings. The minimum Gasteiger partial charge on any atom is -0.437 e. The molecule has 19 heavy (non-hydrogen) atoms. The summed E-state index contributed by atoms with van der Waals surface area (Å²) in [5.74, 6) is 1.73. The van der Waals surface area contributed by atoms with E-state index >= 15 is 0 Å². The van der Waals surface area contributed by atoms with E-state index in [1.165, 1.54) is 0 Å². The molecule has 1 aromatic heterocycles. The average Bonchev–Trinajstić information content (AvgIpc) is 2.37. The van der Waals surface area contributed by atoms with Gasteiger partial charge in [0.1, 0.15) is 5.75 Å². The molecule has 0 radical (unpaired) electrons. The highest BCUT2D eigenvalue weighted by molar-refractivity contribution is 9.10. The summed E-state index contributed by atoms with van der Waals surface area (Å²) in [5, 5.41) is 3.69. The molecule has 2 aromatic rings. The second-order valence-corrected chi connectivity index (χ2v) is 5.18. The fraction of sp³-hybridized carbons (Fsp3) is 0.231. The summed E-state index contributed by atoms with van der Waals surface area (Å²) in [4.78, 5) is 8.49. The van der Waals surface area contributed by atoms with Crippen LogP contribution in [0.15, 0.2) is 28.9 Å². The first-order chi connectivity index (χ1) is 9.10. The highest BCUT2D eigenvalue weighted by Gasteiger charge is 2.09. The molecule has 0 aliphatic heterocycles. The van der Waals surface area contributed by atoms with E-state index in [0.717, 1.165) is 16.6 Å². The van der Waals surface area contributed by atoms with Crippen molar-refractivity contribution >= 4 is 33.5 Å². The molecule has 0 saturated heterocycles. The predicted octanol–water partition coefficient (Wildman–Crippen LogP) is 4.43. The van der Waals surface area contributed by atoms with Crippen molar-refractivity contribution in [1.82, 2.24) is 9.97 Å². The Balaban J connectivity index is 2.29. The van der Waals surface area contributed by atoms with Crippen molar-refractivity contribution in [2.45, 2.75) is 13.8 Å². The van der Waals surface area contributed by atoms with Gasteiger partial charge in [0.15, 0.2) is 0 Å². The number of halogens is 2. The maximum absolute atomic E-state index is 5.90. The van der Waals surface area contributed by atoms with Crippen molar-refractivity contribution in [3.8, 4) is 11.6 Å². The quantitative estimate of drug-likeness (QED) is 0.893. The molecule has 0 unspecified atom stereocenters. The lowest BCUT2D eigenvalue weighted by atomic mass is 10.3. The smallest absolute Gasteiger partial charge is 0.227 e. The molecule has 0 spiro atoms. The molecular formula is C13H13BrClN3O. The largest absolute Gasteiger partial charge is 0.437 e. The molecule has 6 heteroatoms. The summed E-state index contributed by atoms with van der Waals surface area (Å²) < 4.78 is 6.57. The number of aryl methyl sites for hydroxylation is 1. The third kappa shape index (κ3) is 3.58. The maximum atomic E-state index is 5.90. The summed E-state index contributed by atoms with van der Waals surface area (Å²) in [5.41, 5.74) is 0.864. The number of anilines is 1. The van der Waals surface area contributed by atoms with Crippen molar-refractivity contribution in [3.63, 3.8) is 0 Å². The normalized spacial score (nSPS) is 10.3. The van der Waals surface area contributed by atoms with Crippen LogP contribution in [0.2, 0.25) is 5.02 Å². The standard InChI is InChI=1S/C13H13BrClN3O/c1-3-16-13-17-7-8(2)12(18-13)19-11-5-4-9(15)6-10(11)14/h4-7H,3H2,1-2H3,(H,16,17,18). The number of nitrogens with one attached hydrogen (secondary N) is 1. The van der Waals surface area contributed by atoms with Crippen LogP contribution in [-0.2, 0) is 0 Å². The molecular weight excluding hydrogens is 330 g/mol. The monoisotopic (exact) mass is 341 g/mol. The summed E-state index contributed by atoms with van der Waals surface area (Å²) in [6, 6.07) is 5.34. The van der Waals surface area contributed by atoms with Gasteiger partial charge in [0.25, 0.3) is 0 Å². The number of ether oxygens (including phenoxy) is 1. The second-order valence-electron chi connectivity index (χ2n) is 3.89. The zero-order valence-electron chi connectivity index (χ0n) is 10.6. The van der Waals surface area contributed by atoms with Crippen molar-refractivity contribution in [3.05, 3.63) is 39.5 Å². The number of hydrogen-bond donors (Lipinski definition) is 1. The molecule has 0 atom stereocenters. The first-order valence-corrected chi connectivity index (χ1v) is 6.97. The zero-order valence-corrected chi connectivity index (χ0v) is 12.9. The van der Waals surface area contributed by atoms with Crippen LogP contribution in [0.5, 0.6) is 11.6 Å². The number of nitrogens with zero attached hydrogens (tertiary/aromatic N) is 2. The van der Waals surface area contributed by atoms with E-state index in [4.69, 9.17) is 16.3 Å². The topological polar surface area (TPSA) is 47.0 Å². The molecule has 0 fully saturated rings. The third-order valence-corrected chi connectivity index (χ3v) is 3.22. The van der Waals surface area contributed by atoms with Gasteiger partial charge in [-0.25, -0.2) is 4.98 Å². The van der Waals surface area contributed by atoms with Gasteiger partial charge in [0.05, 0.1) is 4.47 Å². The van der Waals surface area contributed by atoms with Gasteiger partial charge in [0, 0.05) is 23.3 Å². The zero-order chi connectivity index (χ0) is 13.8. The Morgan fingerprint density at radius 3 is 2.89 bits per heavy atom. The Kier molecular flexibility index (Phi) is 4.61. The van der Waals surface area contributed by atoms with Crippen molar-refractivity contribution in [2.24, 2.45) is 0 Å². The van der Waals surface area contributed by atoms with Crippen LogP contribution >= 0.6 is 27.5 Å². The van der Waals surface area contributed by atoms with Crippen LogP contribution in [0, 0.1) is 6.92 Å². The summed E-state index contributed by atoms with van der Waals surface area (Å²) in [7, 11) is 0. The lowest BCUT2D eigenvalue weighted by Gasteiger charge is -2.10. The van der Waals surface area contributed by atoms with Crippen LogP contribution in [0.1, 0.15) is 12.5 Å². The lowest BCUT2D eigenvalue weighted by molar-refractivity contribution is 0.455. The SMILES string of the molecule is CCNc1ncc(C)c(Oc2ccc(Cl)cc2Br)n1. The van der Waals surface area contributed by atoms with E-state index in [2.05, 4.69) is 31.2 Å². The van der Waals surface area contributed by atoms with Crippen LogP contribution in [0.3, 0.4) is 0 Å². The molecule has 0 bridgehead atoms. The van der Waals surface area contributed by atoms with E-state index in [1.807, 2.05) is 13.8 Å². The predicted molar refractivity (Wildman–Crippen MR) is 80.2 cm³/mol. The number of hydrogen-bond acceptors (Lipinski definition) is 4. The molecule has 1 heterocycles. The van der Waals surface area contributed by atoms with E-state index in [1.54, 1.807) is 24.4 Å². The molecule has 100 valence electrons. The van der Waals surface area contributed by atoms with Crippen molar-refractivity contribution in [1.29, 1.82) is 0 Å². The van der Waals surface area contributed by atoms with E-state index in [-0.39, 0.29) is 0 Å². The van der Waals surface area contributed by atoms with Gasteiger partial charge in [0.2, 0.25) is 11.8 Å². The Labute approximate surface area is 125 Å². The fourth-order valence-corrected chi connectivity index (χ4v) is 2.20. The number of aromatic nitrogens is 2. The molecule has 4 nitrogen and oxygen atoms in total. The Hall–Kier alpha value is -1.33. The van der Waals surface area contributed by atoms with Gasteiger partial charge in [-0.1, -0.05) is 11.6 Å². The van der Waals surface area contributed by atoms with Gasteiger partial charge in [-0.3, -0.25) is 0 Å². The van der Waals surface area contributed by atoms with Gasteiger partial charge in [-0.15, -0.1) is 0 Å². The third-order valence-electron chi connectivity index (χ3n) is 2.36. The lowest BCUT2D eigenvalue weighted by Crippen LogP contribution is -2.03. The summed E-state index contributed by atoms with van der Waals surface area (Å²) >= 11 is 9.31. The van der Waals surface area contributed by atoms with Gasteiger partial charge in [-0.05, 0) is 48.0 Å². The maximum Gasteiger partial charge on any atom is 0.227 e. The van der Waals surface area contributed by atoms with Crippen LogP contribution < -0.4 is 10.1 Å². The van der Waals surface area contributed by atoms with Crippen LogP contribution in [0.25, 0.3) is 0 Å². The Bertz CT molecular complexity index is 592. The fourth-order valence-electron chi connectivity index (χ4n) is 1.44. The Morgan fingerprint density at radius 1 is 1.42 bits per heavy atom. The molecule has 0 saturated carbocycles. The van der Waals surface area contributed by atoms with E-state index in [0.29, 0.717) is 22.6 Å². The number of benzene rings is 1. The van der Waals surface area contributed by atoms with Crippen LogP contribution in [0.4, 0.5) is 5.95 Å². The summed E-state index contributed by atoms with van der Waals surface area (Å²) in [6.07, 6.45) is 1.73. The highest BCUT2D eigenvalue weighted by Crippen LogP contribution is 2.32. The second kappa shape index (κ2) is 6.21. The van der Waals surface area contributed by atoms with Crippen LogP contribution in [-0.4, -0.2) is 16.5 Å². The van der Waals surface area contributed by atoms with Gasteiger partial charge >= 0.3 is 0 Å². The molecule has 0 amide bonds. The Morgan fingerprint density at radius 2 is 2.21 bits per heavy atom. The molecule has 1 N–H and O–H groups in total.